The first-order chi connectivity index (χ1) is 9.63. The van der Waals surface area contributed by atoms with Crippen LogP contribution in [0.25, 0.3) is 0 Å². The third kappa shape index (κ3) is 7.61. The van der Waals surface area contributed by atoms with Crippen molar-refractivity contribution in [3.8, 4) is 0 Å². The van der Waals surface area contributed by atoms with Crippen LogP contribution in [0.5, 0.6) is 0 Å². The topological polar surface area (TPSA) is 24.5 Å². The van der Waals surface area contributed by atoms with Gasteiger partial charge in [-0.1, -0.05) is 13.3 Å². The number of hydrogen-bond donors (Lipinski definition) is 1. The second-order valence-electron chi connectivity index (χ2n) is 6.59. The van der Waals surface area contributed by atoms with Gasteiger partial charge in [-0.2, -0.15) is 0 Å². The second-order valence-corrected chi connectivity index (χ2v) is 6.59. The zero-order chi connectivity index (χ0) is 14.8. The lowest BCUT2D eigenvalue weighted by Gasteiger charge is -2.34. The fraction of sp³-hybridized carbons (Fsp3) is 1.00. The van der Waals surface area contributed by atoms with Gasteiger partial charge in [0.25, 0.3) is 0 Å². The summed E-state index contributed by atoms with van der Waals surface area (Å²) in [6, 6.07) is 0.823. The molecule has 0 aromatic rings. The molecule has 3 nitrogen and oxygen atoms in total. The molecule has 0 unspecified atom stereocenters. The number of likely N-dealkylation sites (N-methyl/N-ethyl adjacent to an activating group) is 1. The Morgan fingerprint density at radius 3 is 2.45 bits per heavy atom. The molecule has 0 amide bonds. The van der Waals surface area contributed by atoms with Crippen molar-refractivity contribution < 1.29 is 4.74 Å². The summed E-state index contributed by atoms with van der Waals surface area (Å²) in [5.74, 6) is 0.999. The molecule has 0 saturated heterocycles. The van der Waals surface area contributed by atoms with Crippen LogP contribution in [-0.4, -0.2) is 50.3 Å². The highest BCUT2D eigenvalue weighted by molar-refractivity contribution is 4.77. The summed E-state index contributed by atoms with van der Waals surface area (Å²) in [6.07, 6.45) is 8.52. The minimum Gasteiger partial charge on any atom is -0.379 e. The lowest BCUT2D eigenvalue weighted by atomic mass is 9.84. The minimum atomic E-state index is 0.361. The molecule has 0 aliphatic heterocycles. The van der Waals surface area contributed by atoms with Gasteiger partial charge >= 0.3 is 0 Å². The van der Waals surface area contributed by atoms with Crippen LogP contribution in [0, 0.1) is 5.92 Å². The summed E-state index contributed by atoms with van der Waals surface area (Å²) >= 11 is 0. The van der Waals surface area contributed by atoms with Crippen LogP contribution >= 0.6 is 0 Å². The summed E-state index contributed by atoms with van der Waals surface area (Å²) in [7, 11) is 2.29. The van der Waals surface area contributed by atoms with E-state index in [-0.39, 0.29) is 0 Å². The van der Waals surface area contributed by atoms with E-state index >= 15 is 0 Å². The standard InChI is InChI=1S/C17H36N2O/c1-5-16-7-9-17(10-8-16)19(4)13-12-18-11-6-14-20-15(2)3/h15-18H,5-14H2,1-4H3. The maximum Gasteiger partial charge on any atom is 0.0518 e. The Balaban J connectivity index is 1.96. The van der Waals surface area contributed by atoms with Crippen molar-refractivity contribution in [1.82, 2.24) is 10.2 Å². The Kier molecular flexibility index (Phi) is 9.49. The molecular formula is C17H36N2O. The van der Waals surface area contributed by atoms with Crippen LogP contribution in [0.2, 0.25) is 0 Å². The van der Waals surface area contributed by atoms with Gasteiger partial charge in [0.1, 0.15) is 0 Å². The van der Waals surface area contributed by atoms with E-state index < -0.39 is 0 Å². The molecule has 0 spiro atoms. The molecule has 0 aromatic carbocycles. The van der Waals surface area contributed by atoms with E-state index in [0.29, 0.717) is 6.10 Å². The third-order valence-corrected chi connectivity index (χ3v) is 4.61. The molecule has 1 saturated carbocycles. The zero-order valence-corrected chi connectivity index (χ0v) is 14.2. The maximum atomic E-state index is 5.53. The van der Waals surface area contributed by atoms with E-state index in [9.17, 15) is 0 Å². The molecule has 0 radical (unpaired) electrons. The predicted molar refractivity (Wildman–Crippen MR) is 87.2 cm³/mol. The number of nitrogens with one attached hydrogen (secondary N) is 1. The molecule has 1 aliphatic carbocycles. The molecule has 1 aliphatic rings. The van der Waals surface area contributed by atoms with Gasteiger partial charge in [-0.15, -0.1) is 0 Å². The Bertz CT molecular complexity index is 225. The molecule has 1 fully saturated rings. The van der Waals surface area contributed by atoms with E-state index in [4.69, 9.17) is 4.74 Å². The molecule has 3 heteroatoms. The molecule has 0 aromatic heterocycles. The molecule has 0 atom stereocenters. The first-order valence-corrected chi connectivity index (χ1v) is 8.66. The van der Waals surface area contributed by atoms with Gasteiger partial charge in [0.2, 0.25) is 0 Å². The SMILES string of the molecule is CCC1CCC(N(C)CCNCCCOC(C)C)CC1. The lowest BCUT2D eigenvalue weighted by Crippen LogP contribution is -2.39. The van der Waals surface area contributed by atoms with E-state index in [0.717, 1.165) is 38.1 Å². The van der Waals surface area contributed by atoms with Gasteiger partial charge in [0.05, 0.1) is 6.10 Å². The lowest BCUT2D eigenvalue weighted by molar-refractivity contribution is 0.0769. The Labute approximate surface area is 126 Å². The van der Waals surface area contributed by atoms with Crippen LogP contribution in [0.15, 0.2) is 0 Å². The van der Waals surface area contributed by atoms with Crippen LogP contribution in [0.4, 0.5) is 0 Å². The first kappa shape index (κ1) is 17.9. The predicted octanol–water partition coefficient (Wildman–Crippen LogP) is 3.29. The smallest absolute Gasteiger partial charge is 0.0518 e. The van der Waals surface area contributed by atoms with Crippen molar-refractivity contribution in [2.24, 2.45) is 5.92 Å². The number of rotatable bonds is 10. The van der Waals surface area contributed by atoms with Crippen LogP contribution in [0.1, 0.15) is 59.3 Å². The fourth-order valence-corrected chi connectivity index (χ4v) is 3.07. The maximum absolute atomic E-state index is 5.53. The molecular weight excluding hydrogens is 248 g/mol. The first-order valence-electron chi connectivity index (χ1n) is 8.66. The van der Waals surface area contributed by atoms with Crippen LogP contribution in [-0.2, 0) is 4.74 Å². The van der Waals surface area contributed by atoms with Crippen LogP contribution < -0.4 is 5.32 Å². The zero-order valence-electron chi connectivity index (χ0n) is 14.2. The van der Waals surface area contributed by atoms with Gasteiger partial charge in [-0.05, 0) is 65.5 Å². The summed E-state index contributed by atoms with van der Waals surface area (Å²) < 4.78 is 5.53. The van der Waals surface area contributed by atoms with Crippen molar-refractivity contribution >= 4 is 0 Å². The minimum absolute atomic E-state index is 0.361. The van der Waals surface area contributed by atoms with Crippen molar-refractivity contribution in [3.63, 3.8) is 0 Å². The molecule has 0 heterocycles. The molecule has 120 valence electrons. The van der Waals surface area contributed by atoms with Crippen molar-refractivity contribution in [1.29, 1.82) is 0 Å². The van der Waals surface area contributed by atoms with E-state index in [1.165, 1.54) is 38.6 Å². The van der Waals surface area contributed by atoms with Crippen LogP contribution in [0.3, 0.4) is 0 Å². The van der Waals surface area contributed by atoms with Gasteiger partial charge in [0.15, 0.2) is 0 Å². The monoisotopic (exact) mass is 284 g/mol. The normalized spacial score (nSPS) is 23.7. The average Bonchev–Trinajstić information content (AvgIpc) is 2.45. The number of nitrogens with zero attached hydrogens (tertiary/aromatic N) is 1. The quantitative estimate of drug-likeness (QED) is 0.623. The number of hydrogen-bond acceptors (Lipinski definition) is 3. The third-order valence-electron chi connectivity index (χ3n) is 4.61. The Morgan fingerprint density at radius 1 is 1.15 bits per heavy atom. The highest BCUT2D eigenvalue weighted by atomic mass is 16.5. The van der Waals surface area contributed by atoms with Gasteiger partial charge in [-0.25, -0.2) is 0 Å². The summed E-state index contributed by atoms with van der Waals surface area (Å²) in [5.41, 5.74) is 0. The largest absolute Gasteiger partial charge is 0.379 e. The molecule has 1 N–H and O–H groups in total. The summed E-state index contributed by atoms with van der Waals surface area (Å²) in [4.78, 5) is 2.56. The van der Waals surface area contributed by atoms with Crippen molar-refractivity contribution in [3.05, 3.63) is 0 Å². The summed E-state index contributed by atoms with van der Waals surface area (Å²) in [5, 5.41) is 3.53. The highest BCUT2D eigenvalue weighted by Crippen LogP contribution is 2.28. The highest BCUT2D eigenvalue weighted by Gasteiger charge is 2.22. The Morgan fingerprint density at radius 2 is 1.85 bits per heavy atom. The molecule has 0 bridgehead atoms. The Hall–Kier alpha value is -0.120. The molecule has 20 heavy (non-hydrogen) atoms. The van der Waals surface area contributed by atoms with Gasteiger partial charge in [-0.3, -0.25) is 0 Å². The van der Waals surface area contributed by atoms with E-state index in [2.05, 4.69) is 38.0 Å². The number of ether oxygens (including phenoxy) is 1. The second kappa shape index (κ2) is 10.6. The van der Waals surface area contributed by atoms with Crippen molar-refractivity contribution in [2.75, 3.05) is 33.3 Å². The molecule has 1 rings (SSSR count). The average molecular weight is 284 g/mol. The van der Waals surface area contributed by atoms with Gasteiger partial charge in [0, 0.05) is 25.7 Å². The van der Waals surface area contributed by atoms with Crippen molar-refractivity contribution in [2.45, 2.75) is 71.4 Å². The fourth-order valence-electron chi connectivity index (χ4n) is 3.07. The van der Waals surface area contributed by atoms with Gasteiger partial charge < -0.3 is 15.0 Å². The summed E-state index contributed by atoms with van der Waals surface area (Å²) in [6.45, 7) is 10.7. The van der Waals surface area contributed by atoms with E-state index in [1.807, 2.05) is 0 Å². The van der Waals surface area contributed by atoms with E-state index in [1.54, 1.807) is 0 Å².